The van der Waals surface area contributed by atoms with Gasteiger partial charge in [-0.05, 0) is 50.2 Å². The minimum absolute atomic E-state index is 0.610. The number of nitrogens with zero attached hydrogens (tertiary/aromatic N) is 3. The number of nitrogens with two attached hydrogens (primary N) is 1. The summed E-state index contributed by atoms with van der Waals surface area (Å²) in [5.74, 6) is 0. The largest absolute Gasteiger partial charge is 0.399 e. The molecule has 1 aliphatic rings. The highest BCUT2D eigenvalue weighted by Crippen LogP contribution is 2.29. The van der Waals surface area contributed by atoms with Crippen molar-refractivity contribution >= 4 is 5.69 Å². The maximum absolute atomic E-state index is 5.32. The van der Waals surface area contributed by atoms with Crippen LogP contribution < -0.4 is 5.73 Å². The smallest absolute Gasteiger partial charge is 0.0360 e. The van der Waals surface area contributed by atoms with Crippen LogP contribution in [0.4, 0.5) is 5.69 Å². The zero-order valence-electron chi connectivity index (χ0n) is 11.2. The Kier molecular flexibility index (Phi) is 4.86. The lowest BCUT2D eigenvalue weighted by Gasteiger charge is -2.18. The summed E-state index contributed by atoms with van der Waals surface area (Å²) >= 11 is 0. The van der Waals surface area contributed by atoms with Gasteiger partial charge >= 0.3 is 0 Å². The van der Waals surface area contributed by atoms with Crippen LogP contribution in [0.1, 0.15) is 24.4 Å². The summed E-state index contributed by atoms with van der Waals surface area (Å²) in [5, 5.41) is 0. The van der Waals surface area contributed by atoms with E-state index in [1.165, 1.54) is 24.9 Å². The van der Waals surface area contributed by atoms with Crippen molar-refractivity contribution in [2.75, 3.05) is 19.3 Å². The second kappa shape index (κ2) is 6.85. The van der Waals surface area contributed by atoms with Crippen LogP contribution in [0.3, 0.4) is 0 Å². The van der Waals surface area contributed by atoms with Crippen LogP contribution in [0.5, 0.6) is 0 Å². The third-order valence-corrected chi connectivity index (χ3v) is 3.30. The summed E-state index contributed by atoms with van der Waals surface area (Å²) in [6.45, 7) is 1.22. The molecule has 2 aromatic rings. The Morgan fingerprint density at radius 3 is 2.42 bits per heavy atom. The first-order chi connectivity index (χ1) is 9.27. The molecule has 1 saturated heterocycles. The highest BCUT2D eigenvalue weighted by molar-refractivity contribution is 5.33. The minimum atomic E-state index is 0.610. The van der Waals surface area contributed by atoms with E-state index >= 15 is 0 Å². The van der Waals surface area contributed by atoms with Crippen molar-refractivity contribution in [1.29, 1.82) is 0 Å². The van der Waals surface area contributed by atoms with Gasteiger partial charge in [0.25, 0.3) is 0 Å². The van der Waals surface area contributed by atoms with E-state index in [2.05, 4.69) is 28.0 Å². The predicted octanol–water partition coefficient (Wildman–Crippen LogP) is 2.51. The standard InChI is InChI=1S/C10H14N2.C5H6N2/c1-12-7-3-5-10(12)9-4-2-6-11-8-9;6-5-1-3-7-4-2-5/h2,4,6,8,10H,3,5,7H2,1H3;1-4H,(H2,6,7)/t10-;/m0./s1. The van der Waals surface area contributed by atoms with E-state index in [1.807, 2.05) is 18.5 Å². The molecule has 0 bridgehead atoms. The van der Waals surface area contributed by atoms with Crippen LogP contribution in [0.15, 0.2) is 49.1 Å². The minimum Gasteiger partial charge on any atom is -0.399 e. The van der Waals surface area contributed by atoms with E-state index in [0.717, 1.165) is 5.69 Å². The Balaban J connectivity index is 0.000000163. The normalized spacial score (nSPS) is 18.7. The van der Waals surface area contributed by atoms with Crippen molar-refractivity contribution in [3.63, 3.8) is 0 Å². The zero-order valence-corrected chi connectivity index (χ0v) is 11.2. The molecule has 100 valence electrons. The van der Waals surface area contributed by atoms with E-state index in [1.54, 1.807) is 24.5 Å². The van der Waals surface area contributed by atoms with Crippen LogP contribution >= 0.6 is 0 Å². The number of pyridine rings is 2. The van der Waals surface area contributed by atoms with Gasteiger partial charge in [-0.3, -0.25) is 14.9 Å². The molecule has 0 saturated carbocycles. The van der Waals surface area contributed by atoms with Crippen molar-refractivity contribution in [2.24, 2.45) is 0 Å². The second-order valence-electron chi connectivity index (χ2n) is 4.71. The number of rotatable bonds is 1. The third kappa shape index (κ3) is 4.03. The Bertz CT molecular complexity index is 472. The van der Waals surface area contributed by atoms with E-state index in [4.69, 9.17) is 5.73 Å². The Morgan fingerprint density at radius 1 is 1.16 bits per heavy atom. The molecule has 0 aromatic carbocycles. The van der Waals surface area contributed by atoms with Crippen LogP contribution in [-0.4, -0.2) is 28.5 Å². The molecule has 3 heterocycles. The molecule has 2 N–H and O–H groups in total. The average Bonchev–Trinajstić information content (AvgIpc) is 2.88. The number of hydrogen-bond donors (Lipinski definition) is 1. The number of nitrogen functional groups attached to an aromatic ring is 1. The van der Waals surface area contributed by atoms with Gasteiger partial charge < -0.3 is 5.73 Å². The molecular formula is C15H20N4. The molecule has 0 radical (unpaired) electrons. The predicted molar refractivity (Wildman–Crippen MR) is 77.5 cm³/mol. The third-order valence-electron chi connectivity index (χ3n) is 3.30. The highest BCUT2D eigenvalue weighted by Gasteiger charge is 2.21. The fraction of sp³-hybridized carbons (Fsp3) is 0.333. The van der Waals surface area contributed by atoms with E-state index in [-0.39, 0.29) is 0 Å². The summed E-state index contributed by atoms with van der Waals surface area (Å²) in [6, 6.07) is 8.29. The summed E-state index contributed by atoms with van der Waals surface area (Å²) < 4.78 is 0. The first-order valence-corrected chi connectivity index (χ1v) is 6.53. The average molecular weight is 256 g/mol. The molecule has 0 spiro atoms. The Labute approximate surface area is 114 Å². The fourth-order valence-corrected chi connectivity index (χ4v) is 2.27. The van der Waals surface area contributed by atoms with Crippen molar-refractivity contribution in [3.8, 4) is 0 Å². The molecule has 1 atom stereocenters. The van der Waals surface area contributed by atoms with Crippen molar-refractivity contribution < 1.29 is 0 Å². The number of likely N-dealkylation sites (tertiary alicyclic amines) is 1. The summed E-state index contributed by atoms with van der Waals surface area (Å²) in [4.78, 5) is 10.3. The lowest BCUT2D eigenvalue weighted by Crippen LogP contribution is -2.17. The van der Waals surface area contributed by atoms with Gasteiger partial charge in [-0.25, -0.2) is 0 Å². The summed E-state index contributed by atoms with van der Waals surface area (Å²) in [6.07, 6.45) is 9.73. The molecule has 0 unspecified atom stereocenters. The van der Waals surface area contributed by atoms with E-state index < -0.39 is 0 Å². The molecule has 3 rings (SSSR count). The Hall–Kier alpha value is -1.94. The van der Waals surface area contributed by atoms with Crippen molar-refractivity contribution in [1.82, 2.24) is 14.9 Å². The van der Waals surface area contributed by atoms with E-state index in [0.29, 0.717) is 6.04 Å². The van der Waals surface area contributed by atoms with Crippen LogP contribution in [-0.2, 0) is 0 Å². The quantitative estimate of drug-likeness (QED) is 0.851. The summed E-state index contributed by atoms with van der Waals surface area (Å²) in [5.41, 5.74) is 7.44. The molecule has 4 nitrogen and oxygen atoms in total. The topological polar surface area (TPSA) is 55.0 Å². The highest BCUT2D eigenvalue weighted by atomic mass is 15.1. The number of aromatic nitrogens is 2. The number of anilines is 1. The summed E-state index contributed by atoms with van der Waals surface area (Å²) in [7, 11) is 2.19. The molecule has 4 heteroatoms. The van der Waals surface area contributed by atoms with E-state index in [9.17, 15) is 0 Å². The van der Waals surface area contributed by atoms with Gasteiger partial charge in [0.05, 0.1) is 0 Å². The lowest BCUT2D eigenvalue weighted by molar-refractivity contribution is 0.317. The van der Waals surface area contributed by atoms with Crippen LogP contribution in [0, 0.1) is 0 Å². The maximum atomic E-state index is 5.32. The van der Waals surface area contributed by atoms with Crippen molar-refractivity contribution in [2.45, 2.75) is 18.9 Å². The Morgan fingerprint density at radius 2 is 1.95 bits per heavy atom. The van der Waals surface area contributed by atoms with Gasteiger partial charge in [-0.1, -0.05) is 6.07 Å². The first kappa shape index (κ1) is 13.5. The molecular weight excluding hydrogens is 236 g/mol. The maximum Gasteiger partial charge on any atom is 0.0360 e. The molecule has 0 aliphatic carbocycles. The van der Waals surface area contributed by atoms with Gasteiger partial charge in [-0.2, -0.15) is 0 Å². The van der Waals surface area contributed by atoms with Gasteiger partial charge in [0.1, 0.15) is 0 Å². The van der Waals surface area contributed by atoms with Gasteiger partial charge in [0, 0.05) is 36.5 Å². The van der Waals surface area contributed by atoms with Gasteiger partial charge in [0.15, 0.2) is 0 Å². The molecule has 1 aliphatic heterocycles. The second-order valence-corrected chi connectivity index (χ2v) is 4.71. The zero-order chi connectivity index (χ0) is 13.5. The molecule has 19 heavy (non-hydrogen) atoms. The first-order valence-electron chi connectivity index (χ1n) is 6.53. The molecule has 0 amide bonds. The van der Waals surface area contributed by atoms with Gasteiger partial charge in [-0.15, -0.1) is 0 Å². The van der Waals surface area contributed by atoms with Crippen LogP contribution in [0.2, 0.25) is 0 Å². The molecule has 1 fully saturated rings. The monoisotopic (exact) mass is 256 g/mol. The van der Waals surface area contributed by atoms with Crippen molar-refractivity contribution in [3.05, 3.63) is 54.6 Å². The van der Waals surface area contributed by atoms with Gasteiger partial charge in [0.2, 0.25) is 0 Å². The molecule has 2 aromatic heterocycles. The fourth-order valence-electron chi connectivity index (χ4n) is 2.27. The lowest BCUT2D eigenvalue weighted by atomic mass is 10.1. The van der Waals surface area contributed by atoms with Crippen LogP contribution in [0.25, 0.3) is 0 Å². The number of hydrogen-bond acceptors (Lipinski definition) is 4. The SMILES string of the molecule is CN1CCC[C@H]1c1cccnc1.Nc1ccncc1.